The van der Waals surface area contributed by atoms with Gasteiger partial charge < -0.3 is 0 Å². The molecule has 0 bridgehead atoms. The van der Waals surface area contributed by atoms with E-state index in [2.05, 4.69) is 49.0 Å². The van der Waals surface area contributed by atoms with Crippen molar-refractivity contribution in [3.63, 3.8) is 0 Å². The van der Waals surface area contributed by atoms with E-state index in [1.54, 1.807) is 7.05 Å². The van der Waals surface area contributed by atoms with Crippen LogP contribution in [0, 0.1) is 0 Å². The van der Waals surface area contributed by atoms with Crippen molar-refractivity contribution in [2.45, 2.75) is 45.4 Å². The number of amides is 1. The van der Waals surface area contributed by atoms with Crippen LogP contribution in [0.4, 0.5) is 0 Å². The molecule has 2 N–H and O–H groups in total. The molecule has 0 radical (unpaired) electrons. The molecule has 0 aliphatic rings. The molecule has 1 amide bonds. The van der Waals surface area contributed by atoms with Gasteiger partial charge >= 0.3 is 0 Å². The zero-order valence-corrected chi connectivity index (χ0v) is 11.6. The molecular formula is C15H24N2O. The molecule has 1 aromatic rings. The van der Waals surface area contributed by atoms with Crippen LogP contribution in [-0.2, 0) is 11.2 Å². The Morgan fingerprint density at radius 3 is 2.39 bits per heavy atom. The van der Waals surface area contributed by atoms with Crippen LogP contribution in [-0.4, -0.2) is 13.0 Å². The fourth-order valence-corrected chi connectivity index (χ4v) is 1.89. The first-order chi connectivity index (χ1) is 8.63. The molecule has 1 rings (SSSR count). The van der Waals surface area contributed by atoms with Crippen LogP contribution in [0.5, 0.6) is 0 Å². The Balaban J connectivity index is 2.25. The van der Waals surface area contributed by atoms with E-state index in [1.165, 1.54) is 11.1 Å². The molecule has 0 fully saturated rings. The maximum absolute atomic E-state index is 11.2. The molecule has 0 aliphatic heterocycles. The quantitative estimate of drug-likeness (QED) is 0.575. The summed E-state index contributed by atoms with van der Waals surface area (Å²) in [5, 5.41) is 0. The van der Waals surface area contributed by atoms with Crippen molar-refractivity contribution >= 4 is 5.91 Å². The molecule has 3 heteroatoms. The number of aryl methyl sites for hydroxylation is 1. The van der Waals surface area contributed by atoms with Gasteiger partial charge in [-0.3, -0.25) is 10.2 Å². The van der Waals surface area contributed by atoms with Gasteiger partial charge in [0.25, 0.3) is 0 Å². The van der Waals surface area contributed by atoms with Gasteiger partial charge in [0.15, 0.2) is 0 Å². The van der Waals surface area contributed by atoms with Crippen LogP contribution in [0.25, 0.3) is 0 Å². The first-order valence-electron chi connectivity index (χ1n) is 6.68. The van der Waals surface area contributed by atoms with E-state index in [1.807, 2.05) is 0 Å². The summed E-state index contributed by atoms with van der Waals surface area (Å²) in [6.45, 7) is 4.41. The molecule has 18 heavy (non-hydrogen) atoms. The van der Waals surface area contributed by atoms with Gasteiger partial charge in [-0.15, -0.1) is 0 Å². The second-order valence-electron chi connectivity index (χ2n) is 4.90. The van der Waals surface area contributed by atoms with Crippen LogP contribution in [0.2, 0.25) is 0 Å². The maximum atomic E-state index is 11.2. The van der Waals surface area contributed by atoms with Gasteiger partial charge in [0.1, 0.15) is 0 Å². The number of benzene rings is 1. The first-order valence-corrected chi connectivity index (χ1v) is 6.68. The van der Waals surface area contributed by atoms with Crippen LogP contribution in [0.15, 0.2) is 24.3 Å². The smallest absolute Gasteiger partial charge is 0.234 e. The van der Waals surface area contributed by atoms with Gasteiger partial charge in [0.2, 0.25) is 5.91 Å². The van der Waals surface area contributed by atoms with Crippen molar-refractivity contribution in [1.82, 2.24) is 10.9 Å². The molecular weight excluding hydrogens is 224 g/mol. The highest BCUT2D eigenvalue weighted by atomic mass is 16.2. The summed E-state index contributed by atoms with van der Waals surface area (Å²) >= 11 is 0. The van der Waals surface area contributed by atoms with Crippen molar-refractivity contribution < 1.29 is 4.79 Å². The summed E-state index contributed by atoms with van der Waals surface area (Å²) in [5.74, 6) is 0.650. The minimum Gasteiger partial charge on any atom is -0.292 e. The zero-order chi connectivity index (χ0) is 13.4. The average Bonchev–Trinajstić information content (AvgIpc) is 2.35. The third kappa shape index (κ3) is 5.32. The van der Waals surface area contributed by atoms with Gasteiger partial charge in [-0.25, -0.2) is 5.43 Å². The Morgan fingerprint density at radius 1 is 1.17 bits per heavy atom. The topological polar surface area (TPSA) is 41.1 Å². The van der Waals surface area contributed by atoms with Crippen LogP contribution < -0.4 is 10.9 Å². The predicted molar refractivity (Wildman–Crippen MR) is 75.3 cm³/mol. The van der Waals surface area contributed by atoms with Crippen LogP contribution in [0.1, 0.15) is 50.2 Å². The summed E-state index contributed by atoms with van der Waals surface area (Å²) in [7, 11) is 1.70. The molecule has 100 valence electrons. The van der Waals surface area contributed by atoms with Crippen molar-refractivity contribution in [3.8, 4) is 0 Å². The van der Waals surface area contributed by atoms with Crippen LogP contribution in [0.3, 0.4) is 0 Å². The normalized spacial score (nSPS) is 10.7. The average molecular weight is 248 g/mol. The fraction of sp³-hybridized carbons (Fsp3) is 0.533. The van der Waals surface area contributed by atoms with Gasteiger partial charge in [-0.05, 0) is 36.3 Å². The minimum atomic E-state index is 0.0626. The molecule has 0 unspecified atom stereocenters. The molecule has 0 spiro atoms. The summed E-state index contributed by atoms with van der Waals surface area (Å²) < 4.78 is 0. The number of carbonyl (C=O) groups excluding carboxylic acids is 1. The number of rotatable bonds is 7. The third-order valence-electron chi connectivity index (χ3n) is 3.03. The first kappa shape index (κ1) is 14.7. The molecule has 3 nitrogen and oxygen atoms in total. The predicted octanol–water partition coefficient (Wildman–Crippen LogP) is 2.77. The number of hydrogen-bond acceptors (Lipinski definition) is 2. The number of unbranched alkanes of at least 4 members (excludes halogenated alkanes) is 1. The highest BCUT2D eigenvalue weighted by Crippen LogP contribution is 2.15. The summed E-state index contributed by atoms with van der Waals surface area (Å²) in [4.78, 5) is 11.2. The molecule has 0 aliphatic carbocycles. The molecule has 0 saturated carbocycles. The van der Waals surface area contributed by atoms with Crippen molar-refractivity contribution in [2.75, 3.05) is 7.05 Å². The Labute approximate surface area is 110 Å². The van der Waals surface area contributed by atoms with Crippen LogP contribution >= 0.6 is 0 Å². The number of carbonyl (C=O) groups is 1. The Bertz CT molecular complexity index is 357. The van der Waals surface area contributed by atoms with Crippen molar-refractivity contribution in [2.24, 2.45) is 0 Å². The lowest BCUT2D eigenvalue weighted by Crippen LogP contribution is -2.33. The van der Waals surface area contributed by atoms with E-state index in [0.29, 0.717) is 12.3 Å². The Morgan fingerprint density at radius 2 is 1.83 bits per heavy atom. The van der Waals surface area contributed by atoms with E-state index in [9.17, 15) is 4.79 Å². The lowest BCUT2D eigenvalue weighted by atomic mass is 10.00. The standard InChI is InChI=1S/C15H24N2O/c1-12(2)14-10-8-13(9-11-14)6-4-5-7-15(18)17-16-3/h8-12,16H,4-7H2,1-3H3,(H,17,18). The maximum Gasteiger partial charge on any atom is 0.234 e. The lowest BCUT2D eigenvalue weighted by molar-refractivity contribution is -0.122. The van der Waals surface area contributed by atoms with E-state index < -0.39 is 0 Å². The molecule has 0 aromatic heterocycles. The second kappa shape index (κ2) is 7.88. The summed E-state index contributed by atoms with van der Waals surface area (Å²) in [6.07, 6.45) is 3.62. The number of nitrogens with one attached hydrogen (secondary N) is 2. The molecule has 0 saturated heterocycles. The fourth-order valence-electron chi connectivity index (χ4n) is 1.89. The van der Waals surface area contributed by atoms with Crippen molar-refractivity contribution in [1.29, 1.82) is 0 Å². The van der Waals surface area contributed by atoms with Gasteiger partial charge in [-0.2, -0.15) is 0 Å². The third-order valence-corrected chi connectivity index (χ3v) is 3.03. The Kier molecular flexibility index (Phi) is 6.44. The van der Waals surface area contributed by atoms with E-state index in [4.69, 9.17) is 0 Å². The number of hydrogen-bond donors (Lipinski definition) is 2. The second-order valence-corrected chi connectivity index (χ2v) is 4.90. The van der Waals surface area contributed by atoms with E-state index >= 15 is 0 Å². The molecule has 1 aromatic carbocycles. The highest BCUT2D eigenvalue weighted by Gasteiger charge is 2.01. The Hall–Kier alpha value is -1.35. The largest absolute Gasteiger partial charge is 0.292 e. The molecule has 0 heterocycles. The van der Waals surface area contributed by atoms with Gasteiger partial charge in [0, 0.05) is 13.5 Å². The van der Waals surface area contributed by atoms with E-state index in [0.717, 1.165) is 19.3 Å². The van der Waals surface area contributed by atoms with Gasteiger partial charge in [0.05, 0.1) is 0 Å². The number of hydrazine groups is 1. The van der Waals surface area contributed by atoms with E-state index in [-0.39, 0.29) is 5.91 Å². The zero-order valence-electron chi connectivity index (χ0n) is 11.6. The lowest BCUT2D eigenvalue weighted by Gasteiger charge is -2.07. The summed E-state index contributed by atoms with van der Waals surface area (Å²) in [6, 6.07) is 8.80. The highest BCUT2D eigenvalue weighted by molar-refractivity contribution is 5.75. The molecule has 0 atom stereocenters. The minimum absolute atomic E-state index is 0.0626. The van der Waals surface area contributed by atoms with Gasteiger partial charge in [-0.1, -0.05) is 38.1 Å². The SMILES string of the molecule is CNNC(=O)CCCCc1ccc(C(C)C)cc1. The summed E-state index contributed by atoms with van der Waals surface area (Å²) in [5.41, 5.74) is 7.96. The monoisotopic (exact) mass is 248 g/mol. The van der Waals surface area contributed by atoms with Crippen molar-refractivity contribution in [3.05, 3.63) is 35.4 Å².